The van der Waals surface area contributed by atoms with Gasteiger partial charge in [0, 0.05) is 12.1 Å². The molecule has 182 valence electrons. The fourth-order valence-electron chi connectivity index (χ4n) is 3.74. The minimum absolute atomic E-state index is 0.0385. The van der Waals surface area contributed by atoms with E-state index in [4.69, 9.17) is 4.74 Å². The fourth-order valence-corrected chi connectivity index (χ4v) is 3.74. The number of hydrogen-bond donors (Lipinski definition) is 3. The van der Waals surface area contributed by atoms with Crippen LogP contribution in [0, 0.1) is 17.7 Å². The molecule has 10 heteroatoms. The van der Waals surface area contributed by atoms with E-state index in [1.165, 1.54) is 18.2 Å². The van der Waals surface area contributed by atoms with Crippen LogP contribution < -0.4 is 10.6 Å². The zero-order chi connectivity index (χ0) is 24.9. The minimum Gasteiger partial charge on any atom is -0.480 e. The first-order chi connectivity index (χ1) is 15.3. The van der Waals surface area contributed by atoms with Crippen molar-refractivity contribution in [2.45, 2.75) is 58.7 Å². The summed E-state index contributed by atoms with van der Waals surface area (Å²) in [5.41, 5.74) is -0.754. The molecule has 0 radical (unpaired) electrons. The second-order valence-electron chi connectivity index (χ2n) is 9.46. The van der Waals surface area contributed by atoms with Crippen LogP contribution in [0.3, 0.4) is 0 Å². The number of aliphatic carboxylic acids is 1. The van der Waals surface area contributed by atoms with Crippen LogP contribution in [0.15, 0.2) is 24.3 Å². The summed E-state index contributed by atoms with van der Waals surface area (Å²) in [6.07, 6.45) is -1.04. The Kier molecular flexibility index (Phi) is 8.40. The van der Waals surface area contributed by atoms with Gasteiger partial charge in [0.2, 0.25) is 11.8 Å². The summed E-state index contributed by atoms with van der Waals surface area (Å²) in [5.74, 6) is -4.03. The van der Waals surface area contributed by atoms with E-state index in [1.807, 2.05) is 13.8 Å². The molecule has 9 nitrogen and oxygen atoms in total. The average molecular weight is 466 g/mol. The summed E-state index contributed by atoms with van der Waals surface area (Å²) < 4.78 is 19.9. The maximum atomic E-state index is 14.8. The molecular formula is C23H32FN3O6. The molecule has 3 amide bonds. The van der Waals surface area contributed by atoms with E-state index < -0.39 is 59.8 Å². The van der Waals surface area contributed by atoms with Gasteiger partial charge in [-0.2, -0.15) is 0 Å². The minimum atomic E-state index is -1.36. The maximum absolute atomic E-state index is 14.8. The molecule has 2 rings (SSSR count). The zero-order valence-corrected chi connectivity index (χ0v) is 19.6. The predicted octanol–water partition coefficient (Wildman–Crippen LogP) is 2.47. The van der Waals surface area contributed by atoms with Crippen molar-refractivity contribution in [3.8, 4) is 0 Å². The monoisotopic (exact) mass is 465 g/mol. The number of rotatable bonds is 7. The van der Waals surface area contributed by atoms with Gasteiger partial charge in [0.25, 0.3) is 0 Å². The van der Waals surface area contributed by atoms with E-state index in [2.05, 4.69) is 10.6 Å². The molecular weight excluding hydrogens is 433 g/mol. The maximum Gasteiger partial charge on any atom is 0.408 e. The van der Waals surface area contributed by atoms with Crippen molar-refractivity contribution in [3.63, 3.8) is 0 Å². The Bertz CT molecular complexity index is 898. The van der Waals surface area contributed by atoms with Crippen molar-refractivity contribution >= 4 is 23.9 Å². The highest BCUT2D eigenvalue weighted by Crippen LogP contribution is 2.42. The Morgan fingerprint density at radius 2 is 1.82 bits per heavy atom. The number of benzene rings is 1. The van der Waals surface area contributed by atoms with Crippen LogP contribution in [0.1, 0.15) is 52.6 Å². The van der Waals surface area contributed by atoms with Gasteiger partial charge in [-0.1, -0.05) is 32.0 Å². The topological polar surface area (TPSA) is 125 Å². The van der Waals surface area contributed by atoms with Crippen LogP contribution in [0.2, 0.25) is 0 Å². The van der Waals surface area contributed by atoms with Gasteiger partial charge in [0.1, 0.15) is 24.0 Å². The first kappa shape index (κ1) is 26.1. The van der Waals surface area contributed by atoms with Gasteiger partial charge in [0.15, 0.2) is 0 Å². The van der Waals surface area contributed by atoms with E-state index in [0.29, 0.717) is 6.54 Å². The standard InChI is InChI=1S/C23H32FN3O6/c1-13(2)11-25-20(29)15-10-17(21(30)31)27(19(15)14-8-6-7-9-16(14)24)18(28)12-26-22(32)33-23(3,4)5/h6-9,13,15,17,19H,10-12H2,1-5H3,(H,25,29)(H,26,32)(H,30,31). The van der Waals surface area contributed by atoms with Crippen LogP contribution in [-0.2, 0) is 19.1 Å². The highest BCUT2D eigenvalue weighted by Gasteiger charge is 2.51. The molecule has 1 aliphatic rings. The van der Waals surface area contributed by atoms with Gasteiger partial charge < -0.3 is 25.4 Å². The second-order valence-corrected chi connectivity index (χ2v) is 9.46. The molecule has 1 saturated heterocycles. The number of carboxylic acids is 1. The van der Waals surface area contributed by atoms with Crippen molar-refractivity contribution in [1.82, 2.24) is 15.5 Å². The number of hydrogen-bond acceptors (Lipinski definition) is 5. The molecule has 0 aliphatic carbocycles. The Morgan fingerprint density at radius 1 is 1.18 bits per heavy atom. The number of halogens is 1. The number of nitrogens with zero attached hydrogens (tertiary/aromatic N) is 1. The number of likely N-dealkylation sites (tertiary alicyclic amines) is 1. The molecule has 1 fully saturated rings. The lowest BCUT2D eigenvalue weighted by Gasteiger charge is -2.31. The van der Waals surface area contributed by atoms with Gasteiger partial charge >= 0.3 is 12.1 Å². The number of amides is 3. The molecule has 0 spiro atoms. The van der Waals surface area contributed by atoms with Crippen molar-refractivity contribution in [1.29, 1.82) is 0 Å². The van der Waals surface area contributed by atoms with E-state index in [9.17, 15) is 28.7 Å². The van der Waals surface area contributed by atoms with Crippen LogP contribution in [-0.4, -0.2) is 58.6 Å². The number of nitrogens with one attached hydrogen (secondary N) is 2. The molecule has 0 aromatic heterocycles. The SMILES string of the molecule is CC(C)CNC(=O)C1CC(C(=O)O)N(C(=O)CNC(=O)OC(C)(C)C)C1c1ccccc1F. The smallest absolute Gasteiger partial charge is 0.408 e. The summed E-state index contributed by atoms with van der Waals surface area (Å²) in [5, 5.41) is 14.8. The third kappa shape index (κ3) is 6.90. The summed E-state index contributed by atoms with van der Waals surface area (Å²) in [7, 11) is 0. The Labute approximate surface area is 192 Å². The molecule has 1 aliphatic heterocycles. The second kappa shape index (κ2) is 10.6. The quantitative estimate of drug-likeness (QED) is 0.568. The van der Waals surface area contributed by atoms with Crippen molar-refractivity contribution in [2.75, 3.05) is 13.1 Å². The summed E-state index contributed by atoms with van der Waals surface area (Å²) >= 11 is 0. The molecule has 3 atom stereocenters. The largest absolute Gasteiger partial charge is 0.480 e. The lowest BCUT2D eigenvalue weighted by Crippen LogP contribution is -2.48. The summed E-state index contributed by atoms with van der Waals surface area (Å²) in [6.45, 7) is 8.57. The summed E-state index contributed by atoms with van der Waals surface area (Å²) in [4.78, 5) is 51.0. The highest BCUT2D eigenvalue weighted by molar-refractivity contribution is 5.90. The predicted molar refractivity (Wildman–Crippen MR) is 118 cm³/mol. The first-order valence-corrected chi connectivity index (χ1v) is 10.8. The van der Waals surface area contributed by atoms with E-state index in [0.717, 1.165) is 4.90 Å². The van der Waals surface area contributed by atoms with Gasteiger partial charge in [-0.15, -0.1) is 0 Å². The Morgan fingerprint density at radius 3 is 2.36 bits per heavy atom. The fraction of sp³-hybridized carbons (Fsp3) is 0.565. The summed E-state index contributed by atoms with van der Waals surface area (Å²) in [6, 6.07) is 3.12. The van der Waals surface area contributed by atoms with Crippen molar-refractivity contribution < 1.29 is 33.4 Å². The van der Waals surface area contributed by atoms with Crippen molar-refractivity contribution in [3.05, 3.63) is 35.6 Å². The number of carboxylic acid groups (broad SMARTS) is 1. The molecule has 0 saturated carbocycles. The third-order valence-electron chi connectivity index (χ3n) is 5.09. The van der Waals surface area contributed by atoms with E-state index >= 15 is 0 Å². The zero-order valence-electron chi connectivity index (χ0n) is 19.6. The average Bonchev–Trinajstić information content (AvgIpc) is 3.10. The van der Waals surface area contributed by atoms with E-state index in [-0.39, 0.29) is 17.9 Å². The number of carbonyl (C=O) groups excluding carboxylic acids is 3. The Hall–Kier alpha value is -3.17. The van der Waals surface area contributed by atoms with Crippen LogP contribution in [0.25, 0.3) is 0 Å². The molecule has 0 bridgehead atoms. The highest BCUT2D eigenvalue weighted by atomic mass is 19.1. The van der Waals surface area contributed by atoms with Crippen molar-refractivity contribution in [2.24, 2.45) is 11.8 Å². The van der Waals surface area contributed by atoms with Crippen LogP contribution >= 0.6 is 0 Å². The number of alkyl carbamates (subject to hydrolysis) is 1. The third-order valence-corrected chi connectivity index (χ3v) is 5.09. The molecule has 33 heavy (non-hydrogen) atoms. The molecule has 1 heterocycles. The van der Waals surface area contributed by atoms with Gasteiger partial charge in [-0.05, 0) is 39.2 Å². The van der Waals surface area contributed by atoms with Crippen LogP contribution in [0.5, 0.6) is 0 Å². The Balaban J connectivity index is 2.37. The normalized spacial score (nSPS) is 20.5. The number of carbonyl (C=O) groups is 4. The molecule has 1 aromatic carbocycles. The van der Waals surface area contributed by atoms with Gasteiger partial charge in [-0.3, -0.25) is 9.59 Å². The lowest BCUT2D eigenvalue weighted by atomic mass is 9.91. The van der Waals surface area contributed by atoms with Gasteiger partial charge in [-0.25, -0.2) is 14.0 Å². The molecule has 3 unspecified atom stereocenters. The lowest BCUT2D eigenvalue weighted by molar-refractivity contribution is -0.149. The van der Waals surface area contributed by atoms with Gasteiger partial charge in [0.05, 0.1) is 12.0 Å². The first-order valence-electron chi connectivity index (χ1n) is 10.8. The number of ether oxygens (including phenoxy) is 1. The van der Waals surface area contributed by atoms with E-state index in [1.54, 1.807) is 26.8 Å². The van der Waals surface area contributed by atoms with Crippen LogP contribution in [0.4, 0.5) is 9.18 Å². The molecule has 3 N–H and O–H groups in total. The molecule has 1 aromatic rings.